The lowest BCUT2D eigenvalue weighted by atomic mass is 9.52. The zero-order chi connectivity index (χ0) is 19.4. The molecule has 0 amide bonds. The molecule has 0 spiro atoms. The Morgan fingerprint density at radius 3 is 2.19 bits per heavy atom. The van der Waals surface area contributed by atoms with Gasteiger partial charge in [-0.25, -0.2) is 9.59 Å². The molecule has 0 aromatic heterocycles. The average Bonchev–Trinajstić information content (AvgIpc) is 2.42. The van der Waals surface area contributed by atoms with E-state index in [-0.39, 0.29) is 18.3 Å². The molecule has 26 heavy (non-hydrogen) atoms. The number of esters is 1. The van der Waals surface area contributed by atoms with Crippen LogP contribution in [-0.4, -0.2) is 53.5 Å². The van der Waals surface area contributed by atoms with Crippen LogP contribution in [0.15, 0.2) is 0 Å². The average molecular weight is 400 g/mol. The molecule has 0 saturated heterocycles. The van der Waals surface area contributed by atoms with E-state index >= 15 is 0 Å². The molecule has 12 heteroatoms. The van der Waals surface area contributed by atoms with E-state index < -0.39 is 45.5 Å². The number of hydrogen-bond acceptors (Lipinski definition) is 8. The fourth-order valence-electron chi connectivity index (χ4n) is 4.78. The molecule has 0 aliphatic heterocycles. The minimum atomic E-state index is -6.00. The number of rotatable bonds is 5. The van der Waals surface area contributed by atoms with E-state index in [1.807, 2.05) is 0 Å². The maximum atomic E-state index is 13.0. The van der Waals surface area contributed by atoms with Gasteiger partial charge in [0.15, 0.2) is 0 Å². The van der Waals surface area contributed by atoms with Crippen molar-refractivity contribution >= 4 is 22.2 Å². The zero-order valence-corrected chi connectivity index (χ0v) is 14.3. The predicted molar refractivity (Wildman–Crippen MR) is 77.4 cm³/mol. The molecule has 2 N–H and O–H groups in total. The maximum Gasteiger partial charge on any atom is 0.511 e. The third-order valence-electron chi connectivity index (χ3n) is 5.20. The van der Waals surface area contributed by atoms with Crippen molar-refractivity contribution in [2.45, 2.75) is 55.0 Å². The van der Waals surface area contributed by atoms with Crippen LogP contribution < -0.4 is 0 Å². The number of halogens is 2. The number of carbonyl (C=O) groups is 2. The molecule has 148 valence electrons. The van der Waals surface area contributed by atoms with Crippen LogP contribution in [0.5, 0.6) is 0 Å². The molecule has 4 aliphatic rings. The van der Waals surface area contributed by atoms with Gasteiger partial charge in [-0.2, -0.15) is 17.2 Å². The van der Waals surface area contributed by atoms with Crippen LogP contribution >= 0.6 is 0 Å². The highest BCUT2D eigenvalue weighted by Gasteiger charge is 2.59. The third kappa shape index (κ3) is 3.49. The van der Waals surface area contributed by atoms with E-state index in [1.165, 1.54) is 0 Å². The standard InChI is InChI=1S/C14H18F2O9S/c15-14(16,26(20,21)22)10(17)23-7-24-11(18)25-13-4-8-1-9(5-13)3-12(19,2-8)6-13/h8-9,19H,1-7H2,(H,20,21,22). The van der Waals surface area contributed by atoms with Gasteiger partial charge in [0.1, 0.15) is 5.60 Å². The van der Waals surface area contributed by atoms with Crippen molar-refractivity contribution in [2.24, 2.45) is 11.8 Å². The van der Waals surface area contributed by atoms with Crippen molar-refractivity contribution in [3.8, 4) is 0 Å². The normalized spacial score (nSPS) is 35.8. The molecule has 4 bridgehead atoms. The van der Waals surface area contributed by atoms with Gasteiger partial charge >= 0.3 is 27.5 Å². The Morgan fingerprint density at radius 1 is 1.12 bits per heavy atom. The van der Waals surface area contributed by atoms with E-state index in [2.05, 4.69) is 9.47 Å². The Morgan fingerprint density at radius 2 is 1.69 bits per heavy atom. The smallest absolute Gasteiger partial charge is 0.427 e. The molecule has 2 unspecified atom stereocenters. The van der Waals surface area contributed by atoms with Crippen LogP contribution in [0.3, 0.4) is 0 Å². The summed E-state index contributed by atoms with van der Waals surface area (Å²) in [7, 11) is -6.00. The number of carbonyl (C=O) groups excluding carboxylic acids is 2. The SMILES string of the molecule is O=C(OCOC(=O)C(F)(F)S(=O)(=O)O)OC12CC3CC(CC(O)(C3)C1)C2. The van der Waals surface area contributed by atoms with E-state index in [1.54, 1.807) is 0 Å². The lowest BCUT2D eigenvalue weighted by molar-refractivity contribution is -0.208. The van der Waals surface area contributed by atoms with E-state index in [0.717, 1.165) is 6.42 Å². The summed E-state index contributed by atoms with van der Waals surface area (Å²) >= 11 is 0. The summed E-state index contributed by atoms with van der Waals surface area (Å²) < 4.78 is 68.5. The molecule has 0 heterocycles. The Balaban J connectivity index is 1.52. The molecule has 0 aromatic carbocycles. The van der Waals surface area contributed by atoms with Crippen molar-refractivity contribution in [2.75, 3.05) is 6.79 Å². The van der Waals surface area contributed by atoms with Gasteiger partial charge < -0.3 is 19.3 Å². The van der Waals surface area contributed by atoms with Gasteiger partial charge in [-0.05, 0) is 43.9 Å². The molecule has 4 saturated carbocycles. The van der Waals surface area contributed by atoms with Crippen molar-refractivity contribution in [3.05, 3.63) is 0 Å². The number of ether oxygens (including phenoxy) is 3. The molecule has 9 nitrogen and oxygen atoms in total. The van der Waals surface area contributed by atoms with Gasteiger partial charge in [0, 0.05) is 6.42 Å². The van der Waals surface area contributed by atoms with Crippen molar-refractivity contribution in [3.63, 3.8) is 0 Å². The van der Waals surface area contributed by atoms with Gasteiger partial charge in [0.2, 0.25) is 6.79 Å². The summed E-state index contributed by atoms with van der Waals surface area (Å²) in [5.74, 6) is -2.14. The van der Waals surface area contributed by atoms with Crippen LogP contribution in [0.25, 0.3) is 0 Å². The molecule has 4 rings (SSSR count). The molecule has 0 aromatic rings. The minimum Gasteiger partial charge on any atom is -0.427 e. The van der Waals surface area contributed by atoms with E-state index in [4.69, 9.17) is 9.29 Å². The highest BCUT2D eigenvalue weighted by molar-refractivity contribution is 7.87. The fourth-order valence-corrected chi connectivity index (χ4v) is 5.05. The Hall–Kier alpha value is -1.53. The highest BCUT2D eigenvalue weighted by Crippen LogP contribution is 2.58. The topological polar surface area (TPSA) is 136 Å². The third-order valence-corrected chi connectivity index (χ3v) is 6.02. The summed E-state index contributed by atoms with van der Waals surface area (Å²) in [5, 5.41) is 5.35. The summed E-state index contributed by atoms with van der Waals surface area (Å²) in [6.07, 6.45) is 2.33. The molecule has 2 atom stereocenters. The van der Waals surface area contributed by atoms with Crippen molar-refractivity contribution < 1.29 is 50.7 Å². The monoisotopic (exact) mass is 400 g/mol. The summed E-state index contributed by atoms with van der Waals surface area (Å²) in [6.45, 7) is -1.31. The van der Waals surface area contributed by atoms with Crippen LogP contribution in [0.1, 0.15) is 38.5 Å². The molecular weight excluding hydrogens is 382 g/mol. The van der Waals surface area contributed by atoms with E-state index in [9.17, 15) is 31.9 Å². The van der Waals surface area contributed by atoms with Gasteiger partial charge in [-0.15, -0.1) is 0 Å². The Labute approximate surface area is 147 Å². The molecule has 4 aliphatic carbocycles. The first-order chi connectivity index (χ1) is 11.8. The highest BCUT2D eigenvalue weighted by atomic mass is 32.2. The first-order valence-corrected chi connectivity index (χ1v) is 9.38. The van der Waals surface area contributed by atoms with Gasteiger partial charge in [0.05, 0.1) is 5.60 Å². The lowest BCUT2D eigenvalue weighted by Crippen LogP contribution is -2.60. The van der Waals surface area contributed by atoms with Crippen LogP contribution in [0, 0.1) is 11.8 Å². The second-order valence-corrected chi connectivity index (χ2v) is 8.87. The Bertz CT molecular complexity index is 706. The quantitative estimate of drug-likeness (QED) is 0.396. The number of hydrogen-bond donors (Lipinski definition) is 2. The van der Waals surface area contributed by atoms with Crippen LogP contribution in [-0.2, 0) is 29.1 Å². The summed E-state index contributed by atoms with van der Waals surface area (Å²) in [6, 6.07) is 0. The van der Waals surface area contributed by atoms with E-state index in [0.29, 0.717) is 25.7 Å². The number of alkyl halides is 2. The predicted octanol–water partition coefficient (Wildman–Crippen LogP) is 1.20. The second kappa shape index (κ2) is 5.99. The van der Waals surface area contributed by atoms with Crippen molar-refractivity contribution in [1.29, 1.82) is 0 Å². The summed E-state index contributed by atoms with van der Waals surface area (Å²) in [5.41, 5.74) is -1.80. The zero-order valence-electron chi connectivity index (χ0n) is 13.5. The van der Waals surface area contributed by atoms with Crippen molar-refractivity contribution in [1.82, 2.24) is 0 Å². The fraction of sp³-hybridized carbons (Fsp3) is 0.857. The second-order valence-electron chi connectivity index (χ2n) is 7.41. The van der Waals surface area contributed by atoms with Crippen LogP contribution in [0.4, 0.5) is 13.6 Å². The minimum absolute atomic E-state index is 0.223. The summed E-state index contributed by atoms with van der Waals surface area (Å²) in [4.78, 5) is 22.8. The molecule has 0 radical (unpaired) electrons. The molecular formula is C14H18F2O9S. The van der Waals surface area contributed by atoms with Gasteiger partial charge in [-0.3, -0.25) is 4.55 Å². The maximum absolute atomic E-state index is 13.0. The van der Waals surface area contributed by atoms with Gasteiger partial charge in [-0.1, -0.05) is 0 Å². The van der Waals surface area contributed by atoms with Crippen LogP contribution in [0.2, 0.25) is 0 Å². The first-order valence-electron chi connectivity index (χ1n) is 7.94. The Kier molecular flexibility index (Phi) is 4.43. The first kappa shape index (κ1) is 19.2. The lowest BCUT2D eigenvalue weighted by Gasteiger charge is -2.58. The van der Waals surface area contributed by atoms with Gasteiger partial charge in [0.25, 0.3) is 0 Å². The largest absolute Gasteiger partial charge is 0.511 e. The molecule has 4 fully saturated rings. The number of aliphatic hydroxyl groups is 1.